The van der Waals surface area contributed by atoms with Gasteiger partial charge in [-0.3, -0.25) is 14.5 Å². The van der Waals surface area contributed by atoms with Gasteiger partial charge in [-0.1, -0.05) is 54.6 Å². The van der Waals surface area contributed by atoms with Crippen molar-refractivity contribution in [3.63, 3.8) is 0 Å². The van der Waals surface area contributed by atoms with E-state index in [4.69, 9.17) is 4.74 Å². The highest BCUT2D eigenvalue weighted by Crippen LogP contribution is 2.19. The second-order valence-electron chi connectivity index (χ2n) is 8.45. The van der Waals surface area contributed by atoms with E-state index in [9.17, 15) is 9.59 Å². The van der Waals surface area contributed by atoms with Gasteiger partial charge >= 0.3 is 0 Å². The molecule has 1 N–H and O–H groups in total. The number of amides is 2. The van der Waals surface area contributed by atoms with Crippen LogP contribution in [0.4, 0.5) is 0 Å². The molecule has 0 aromatic heterocycles. The van der Waals surface area contributed by atoms with Crippen LogP contribution in [0, 0.1) is 0 Å². The third-order valence-electron chi connectivity index (χ3n) is 6.21. The fourth-order valence-corrected chi connectivity index (χ4v) is 4.12. The maximum absolute atomic E-state index is 12.8. The van der Waals surface area contributed by atoms with E-state index >= 15 is 0 Å². The van der Waals surface area contributed by atoms with Gasteiger partial charge in [0.25, 0.3) is 5.91 Å². The van der Waals surface area contributed by atoms with Gasteiger partial charge in [-0.15, -0.1) is 0 Å². The number of ether oxygens (including phenoxy) is 1. The first-order valence-electron chi connectivity index (χ1n) is 11.7. The highest BCUT2D eigenvalue weighted by molar-refractivity contribution is 5.94. The summed E-state index contributed by atoms with van der Waals surface area (Å²) in [6.07, 6.45) is 0.424. The Hall–Kier alpha value is -3.64. The van der Waals surface area contributed by atoms with Crippen molar-refractivity contribution in [2.75, 3.05) is 46.4 Å². The summed E-state index contributed by atoms with van der Waals surface area (Å²) in [6, 6.07) is 25.6. The minimum absolute atomic E-state index is 0.0882. The summed E-state index contributed by atoms with van der Waals surface area (Å²) in [5.41, 5.74) is 3.99. The smallest absolute Gasteiger partial charge is 0.251 e. The van der Waals surface area contributed by atoms with Gasteiger partial charge in [0.2, 0.25) is 5.91 Å². The van der Waals surface area contributed by atoms with Crippen molar-refractivity contribution in [1.29, 1.82) is 0 Å². The third kappa shape index (κ3) is 6.23. The van der Waals surface area contributed by atoms with Crippen LogP contribution in [0.2, 0.25) is 0 Å². The van der Waals surface area contributed by atoms with Crippen molar-refractivity contribution in [2.45, 2.75) is 6.42 Å². The molecule has 1 fully saturated rings. The molecule has 4 rings (SSSR count). The first-order valence-corrected chi connectivity index (χ1v) is 11.7. The number of carbonyl (C=O) groups excluding carboxylic acids is 2. The molecule has 1 heterocycles. The number of methoxy groups -OCH3 is 1. The average molecular weight is 458 g/mol. The van der Waals surface area contributed by atoms with Gasteiger partial charge in [-0.2, -0.15) is 0 Å². The number of nitrogens with zero attached hydrogens (tertiary/aromatic N) is 2. The van der Waals surface area contributed by atoms with E-state index in [0.29, 0.717) is 31.6 Å². The Balaban J connectivity index is 1.17. The summed E-state index contributed by atoms with van der Waals surface area (Å²) in [4.78, 5) is 29.3. The van der Waals surface area contributed by atoms with Crippen molar-refractivity contribution in [3.05, 3.63) is 90.0 Å². The maximum atomic E-state index is 12.8. The van der Waals surface area contributed by atoms with E-state index in [0.717, 1.165) is 36.5 Å². The van der Waals surface area contributed by atoms with Gasteiger partial charge in [0.05, 0.1) is 13.5 Å². The van der Waals surface area contributed by atoms with Crippen LogP contribution in [0.15, 0.2) is 78.9 Å². The van der Waals surface area contributed by atoms with Gasteiger partial charge in [0, 0.05) is 44.8 Å². The highest BCUT2D eigenvalue weighted by Gasteiger charge is 2.21. The van der Waals surface area contributed by atoms with E-state index in [-0.39, 0.29) is 11.8 Å². The number of nitrogens with one attached hydrogen (secondary N) is 1. The van der Waals surface area contributed by atoms with Crippen LogP contribution in [0.3, 0.4) is 0 Å². The standard InChI is InChI=1S/C28H31N3O3/c1-34-26-13-11-25(12-14-26)28(33)29-15-16-30-17-19-31(20-18-30)27(32)21-22-7-9-24(10-8-22)23-5-3-2-4-6-23/h2-14H,15-21H2,1H3,(H,29,33). The zero-order valence-corrected chi connectivity index (χ0v) is 19.6. The second kappa shape index (κ2) is 11.5. The fraction of sp³-hybridized carbons (Fsp3) is 0.286. The van der Waals surface area contributed by atoms with Gasteiger partial charge in [0.1, 0.15) is 5.75 Å². The summed E-state index contributed by atoms with van der Waals surface area (Å²) in [5, 5.41) is 2.96. The second-order valence-corrected chi connectivity index (χ2v) is 8.45. The van der Waals surface area contributed by atoms with Crippen LogP contribution in [0.1, 0.15) is 15.9 Å². The molecule has 34 heavy (non-hydrogen) atoms. The molecular formula is C28H31N3O3. The van der Waals surface area contributed by atoms with Gasteiger partial charge in [-0.05, 0) is 41.0 Å². The predicted molar refractivity (Wildman–Crippen MR) is 134 cm³/mol. The average Bonchev–Trinajstić information content (AvgIpc) is 2.90. The van der Waals surface area contributed by atoms with Crippen LogP contribution < -0.4 is 10.1 Å². The first-order chi connectivity index (χ1) is 16.6. The van der Waals surface area contributed by atoms with Crippen molar-refractivity contribution in [1.82, 2.24) is 15.1 Å². The Morgan fingerprint density at radius 3 is 2.12 bits per heavy atom. The SMILES string of the molecule is COc1ccc(C(=O)NCCN2CCN(C(=O)Cc3ccc(-c4ccccc4)cc3)CC2)cc1. The van der Waals surface area contributed by atoms with Crippen molar-refractivity contribution >= 4 is 11.8 Å². The lowest BCUT2D eigenvalue weighted by Gasteiger charge is -2.34. The zero-order valence-electron chi connectivity index (χ0n) is 19.6. The molecule has 0 aliphatic carbocycles. The molecule has 0 spiro atoms. The molecule has 1 saturated heterocycles. The van der Waals surface area contributed by atoms with Crippen LogP contribution in [0.5, 0.6) is 5.75 Å². The third-order valence-corrected chi connectivity index (χ3v) is 6.21. The molecule has 6 heteroatoms. The molecule has 176 valence electrons. The molecule has 3 aromatic rings. The highest BCUT2D eigenvalue weighted by atomic mass is 16.5. The number of benzene rings is 3. The summed E-state index contributed by atoms with van der Waals surface area (Å²) in [6.45, 7) is 4.41. The summed E-state index contributed by atoms with van der Waals surface area (Å²) >= 11 is 0. The number of rotatable bonds is 8. The van der Waals surface area contributed by atoms with Crippen LogP contribution in [0.25, 0.3) is 11.1 Å². The molecular weight excluding hydrogens is 426 g/mol. The van der Waals surface area contributed by atoms with Crippen molar-refractivity contribution < 1.29 is 14.3 Å². The fourth-order valence-electron chi connectivity index (χ4n) is 4.12. The van der Waals surface area contributed by atoms with Crippen molar-refractivity contribution in [2.24, 2.45) is 0 Å². The largest absolute Gasteiger partial charge is 0.497 e. The van der Waals surface area contributed by atoms with E-state index in [1.54, 1.807) is 31.4 Å². The van der Waals surface area contributed by atoms with Gasteiger partial charge in [0.15, 0.2) is 0 Å². The quantitative estimate of drug-likeness (QED) is 0.563. The molecule has 1 aliphatic rings. The minimum Gasteiger partial charge on any atom is -0.497 e. The molecule has 0 bridgehead atoms. The van der Waals surface area contributed by atoms with E-state index in [1.165, 1.54) is 5.56 Å². The molecule has 1 aliphatic heterocycles. The molecule has 0 saturated carbocycles. The van der Waals surface area contributed by atoms with Crippen LogP contribution >= 0.6 is 0 Å². The van der Waals surface area contributed by atoms with E-state index in [2.05, 4.69) is 34.5 Å². The normalized spacial score (nSPS) is 14.0. The van der Waals surface area contributed by atoms with Crippen LogP contribution in [-0.4, -0.2) is 68.0 Å². The molecule has 2 amide bonds. The Labute approximate surface area is 201 Å². The number of carbonyl (C=O) groups is 2. The zero-order chi connectivity index (χ0) is 23.8. The Morgan fingerprint density at radius 2 is 1.47 bits per heavy atom. The molecule has 0 radical (unpaired) electrons. The van der Waals surface area contributed by atoms with Crippen molar-refractivity contribution in [3.8, 4) is 16.9 Å². The lowest BCUT2D eigenvalue weighted by atomic mass is 10.0. The predicted octanol–water partition coefficient (Wildman–Crippen LogP) is 3.48. The molecule has 6 nitrogen and oxygen atoms in total. The minimum atomic E-state index is -0.0882. The summed E-state index contributed by atoms with van der Waals surface area (Å²) in [5.74, 6) is 0.808. The number of hydrogen-bond donors (Lipinski definition) is 1. The number of hydrogen-bond acceptors (Lipinski definition) is 4. The molecule has 3 aromatic carbocycles. The van der Waals surface area contributed by atoms with E-state index < -0.39 is 0 Å². The topological polar surface area (TPSA) is 61.9 Å². The molecule has 0 atom stereocenters. The lowest BCUT2D eigenvalue weighted by molar-refractivity contribution is -0.132. The molecule has 0 unspecified atom stereocenters. The Morgan fingerprint density at radius 1 is 0.824 bits per heavy atom. The van der Waals surface area contributed by atoms with Crippen LogP contribution in [-0.2, 0) is 11.2 Å². The maximum Gasteiger partial charge on any atom is 0.251 e. The Bertz CT molecular complexity index is 1070. The summed E-state index contributed by atoms with van der Waals surface area (Å²) in [7, 11) is 1.60. The Kier molecular flexibility index (Phi) is 7.94. The monoisotopic (exact) mass is 457 g/mol. The summed E-state index contributed by atoms with van der Waals surface area (Å²) < 4.78 is 5.12. The first kappa shape index (κ1) is 23.5. The number of piperazine rings is 1. The lowest BCUT2D eigenvalue weighted by Crippen LogP contribution is -2.50. The van der Waals surface area contributed by atoms with Gasteiger partial charge < -0.3 is 15.0 Å². The van der Waals surface area contributed by atoms with E-state index in [1.807, 2.05) is 35.2 Å². The van der Waals surface area contributed by atoms with Gasteiger partial charge in [-0.25, -0.2) is 0 Å².